The number of halogens is 1. The Kier molecular flexibility index (Phi) is 4.30. The predicted octanol–water partition coefficient (Wildman–Crippen LogP) is 1.99. The quantitative estimate of drug-likeness (QED) is 0.863. The largest absolute Gasteiger partial charge is 0.476 e. The molecule has 2 aromatic rings. The first-order chi connectivity index (χ1) is 9.83. The van der Waals surface area contributed by atoms with Crippen LogP contribution in [0.1, 0.15) is 0 Å². The lowest BCUT2D eigenvalue weighted by molar-refractivity contribution is 0.0320. The minimum Gasteiger partial charge on any atom is -0.476 e. The van der Waals surface area contributed by atoms with Crippen molar-refractivity contribution in [2.24, 2.45) is 0 Å². The first kappa shape index (κ1) is 13.5. The van der Waals surface area contributed by atoms with Crippen LogP contribution in [-0.4, -0.2) is 54.3 Å². The fourth-order valence-corrected chi connectivity index (χ4v) is 2.37. The van der Waals surface area contributed by atoms with E-state index in [0.29, 0.717) is 17.5 Å². The second kappa shape index (κ2) is 6.35. The van der Waals surface area contributed by atoms with Crippen molar-refractivity contribution in [3.63, 3.8) is 0 Å². The summed E-state index contributed by atoms with van der Waals surface area (Å²) in [6, 6.07) is 3.57. The summed E-state index contributed by atoms with van der Waals surface area (Å²) in [5.41, 5.74) is 0.800. The number of rotatable bonds is 4. The summed E-state index contributed by atoms with van der Waals surface area (Å²) < 4.78 is 11.0. The van der Waals surface area contributed by atoms with Crippen LogP contribution in [0.4, 0.5) is 0 Å². The van der Waals surface area contributed by atoms with E-state index in [0.717, 1.165) is 43.8 Å². The van der Waals surface area contributed by atoms with E-state index >= 15 is 0 Å². The van der Waals surface area contributed by atoms with E-state index in [-0.39, 0.29) is 0 Å². The first-order valence-corrected chi connectivity index (χ1v) is 7.04. The average Bonchev–Trinajstić information content (AvgIpc) is 2.48. The van der Waals surface area contributed by atoms with Gasteiger partial charge in [0.1, 0.15) is 6.61 Å². The Balaban J connectivity index is 1.60. The fraction of sp³-hybridized carbons (Fsp3) is 0.429. The topological polar surface area (TPSA) is 47.5 Å². The molecule has 0 amide bonds. The highest BCUT2D eigenvalue weighted by molar-refractivity contribution is 6.35. The molecule has 0 aliphatic carbocycles. The van der Waals surface area contributed by atoms with Gasteiger partial charge in [-0.2, -0.15) is 0 Å². The highest BCUT2D eigenvalue weighted by Gasteiger charge is 2.10. The van der Waals surface area contributed by atoms with E-state index < -0.39 is 0 Å². The molecule has 0 aromatic carbocycles. The zero-order chi connectivity index (χ0) is 13.8. The summed E-state index contributed by atoms with van der Waals surface area (Å²) >= 11 is 6.08. The standard InChI is InChI=1S/C14H16ClN3O2/c15-12-1-2-16-13-9-14(17-10-11(12)13)20-8-5-18-3-6-19-7-4-18/h1-2,9-10H,3-8H2. The van der Waals surface area contributed by atoms with Gasteiger partial charge in [-0.05, 0) is 6.07 Å². The molecule has 6 heteroatoms. The van der Waals surface area contributed by atoms with Gasteiger partial charge in [0, 0.05) is 43.5 Å². The van der Waals surface area contributed by atoms with Crippen LogP contribution in [0.3, 0.4) is 0 Å². The van der Waals surface area contributed by atoms with Gasteiger partial charge in [-0.3, -0.25) is 9.88 Å². The lowest BCUT2D eigenvalue weighted by atomic mass is 10.3. The van der Waals surface area contributed by atoms with Crippen molar-refractivity contribution in [2.75, 3.05) is 39.5 Å². The fourth-order valence-electron chi connectivity index (χ4n) is 2.17. The number of fused-ring (bicyclic) bond motifs is 1. The number of aromatic nitrogens is 2. The van der Waals surface area contributed by atoms with Crippen molar-refractivity contribution < 1.29 is 9.47 Å². The maximum Gasteiger partial charge on any atom is 0.215 e. The van der Waals surface area contributed by atoms with Crippen LogP contribution in [0.25, 0.3) is 10.9 Å². The molecule has 106 valence electrons. The molecule has 5 nitrogen and oxygen atoms in total. The number of nitrogens with zero attached hydrogens (tertiary/aromatic N) is 3. The van der Waals surface area contributed by atoms with Crippen molar-refractivity contribution in [1.82, 2.24) is 14.9 Å². The summed E-state index contributed by atoms with van der Waals surface area (Å²) in [7, 11) is 0. The molecule has 3 heterocycles. The van der Waals surface area contributed by atoms with E-state index in [1.165, 1.54) is 0 Å². The Morgan fingerprint density at radius 3 is 3.00 bits per heavy atom. The van der Waals surface area contributed by atoms with E-state index in [9.17, 15) is 0 Å². The lowest BCUT2D eigenvalue weighted by Gasteiger charge is -2.26. The van der Waals surface area contributed by atoms with Crippen molar-refractivity contribution in [3.8, 4) is 5.88 Å². The average molecular weight is 294 g/mol. The van der Waals surface area contributed by atoms with Crippen LogP contribution in [0.5, 0.6) is 5.88 Å². The second-order valence-corrected chi connectivity index (χ2v) is 5.04. The molecule has 0 spiro atoms. The molecule has 3 rings (SSSR count). The van der Waals surface area contributed by atoms with E-state index in [2.05, 4.69) is 14.9 Å². The minimum absolute atomic E-state index is 0.584. The van der Waals surface area contributed by atoms with Crippen LogP contribution in [-0.2, 0) is 4.74 Å². The van der Waals surface area contributed by atoms with Crippen LogP contribution in [0.2, 0.25) is 5.02 Å². The Bertz CT molecular complexity index is 588. The molecule has 0 radical (unpaired) electrons. The first-order valence-electron chi connectivity index (χ1n) is 6.66. The smallest absolute Gasteiger partial charge is 0.215 e. The van der Waals surface area contributed by atoms with Gasteiger partial charge in [0.15, 0.2) is 0 Å². The molecular weight excluding hydrogens is 278 g/mol. The molecule has 20 heavy (non-hydrogen) atoms. The molecule has 0 atom stereocenters. The normalized spacial score (nSPS) is 16.4. The molecule has 1 fully saturated rings. The Morgan fingerprint density at radius 1 is 1.30 bits per heavy atom. The summed E-state index contributed by atoms with van der Waals surface area (Å²) in [6.45, 7) is 5.02. The summed E-state index contributed by atoms with van der Waals surface area (Å²) in [5.74, 6) is 0.584. The van der Waals surface area contributed by atoms with Crippen molar-refractivity contribution in [1.29, 1.82) is 0 Å². The maximum atomic E-state index is 6.08. The van der Waals surface area contributed by atoms with Crippen LogP contribution < -0.4 is 4.74 Å². The maximum absolute atomic E-state index is 6.08. The molecule has 1 aliphatic heterocycles. The van der Waals surface area contributed by atoms with Crippen molar-refractivity contribution >= 4 is 22.5 Å². The Morgan fingerprint density at radius 2 is 2.15 bits per heavy atom. The molecule has 1 aliphatic rings. The molecule has 1 saturated heterocycles. The van der Waals surface area contributed by atoms with E-state index in [1.807, 2.05) is 6.07 Å². The Hall–Kier alpha value is -1.43. The van der Waals surface area contributed by atoms with Crippen LogP contribution >= 0.6 is 11.6 Å². The van der Waals surface area contributed by atoms with Gasteiger partial charge < -0.3 is 9.47 Å². The lowest BCUT2D eigenvalue weighted by Crippen LogP contribution is -2.38. The van der Waals surface area contributed by atoms with Gasteiger partial charge in [0.25, 0.3) is 0 Å². The number of morpholine rings is 1. The van der Waals surface area contributed by atoms with Gasteiger partial charge in [-0.15, -0.1) is 0 Å². The van der Waals surface area contributed by atoms with Crippen molar-refractivity contribution in [2.45, 2.75) is 0 Å². The predicted molar refractivity (Wildman–Crippen MR) is 77.3 cm³/mol. The molecule has 0 unspecified atom stereocenters. The minimum atomic E-state index is 0.584. The molecular formula is C14H16ClN3O2. The second-order valence-electron chi connectivity index (χ2n) is 4.63. The number of hydrogen-bond acceptors (Lipinski definition) is 5. The van der Waals surface area contributed by atoms with Crippen molar-refractivity contribution in [3.05, 3.63) is 29.5 Å². The molecule has 0 N–H and O–H groups in total. The van der Waals surface area contributed by atoms with Gasteiger partial charge in [0.2, 0.25) is 5.88 Å². The summed E-state index contributed by atoms with van der Waals surface area (Å²) in [5, 5.41) is 1.50. The number of pyridine rings is 2. The highest BCUT2D eigenvalue weighted by atomic mass is 35.5. The Labute approximate surface area is 122 Å². The van der Waals surface area contributed by atoms with E-state index in [1.54, 1.807) is 18.5 Å². The number of ether oxygens (including phenoxy) is 2. The molecule has 0 bridgehead atoms. The van der Waals surface area contributed by atoms with Gasteiger partial charge in [0.05, 0.1) is 23.8 Å². The molecule has 2 aromatic heterocycles. The third-order valence-electron chi connectivity index (χ3n) is 3.31. The summed E-state index contributed by atoms with van der Waals surface area (Å²) in [4.78, 5) is 10.8. The van der Waals surface area contributed by atoms with E-state index in [4.69, 9.17) is 21.1 Å². The third kappa shape index (κ3) is 3.17. The monoisotopic (exact) mass is 293 g/mol. The van der Waals surface area contributed by atoms with Gasteiger partial charge in [-0.1, -0.05) is 11.6 Å². The zero-order valence-corrected chi connectivity index (χ0v) is 11.8. The van der Waals surface area contributed by atoms with Gasteiger partial charge in [-0.25, -0.2) is 4.98 Å². The van der Waals surface area contributed by atoms with Gasteiger partial charge >= 0.3 is 0 Å². The van der Waals surface area contributed by atoms with Crippen LogP contribution in [0.15, 0.2) is 24.5 Å². The summed E-state index contributed by atoms with van der Waals surface area (Å²) in [6.07, 6.45) is 3.39. The number of hydrogen-bond donors (Lipinski definition) is 0. The highest BCUT2D eigenvalue weighted by Crippen LogP contribution is 2.22. The third-order valence-corrected chi connectivity index (χ3v) is 3.64. The van der Waals surface area contributed by atoms with Crippen LogP contribution in [0, 0.1) is 0 Å². The SMILES string of the molecule is Clc1ccnc2cc(OCCN3CCOCC3)ncc12. The zero-order valence-electron chi connectivity index (χ0n) is 11.1. The molecule has 0 saturated carbocycles.